The Labute approximate surface area is 134 Å². The summed E-state index contributed by atoms with van der Waals surface area (Å²) in [6, 6.07) is 16.8. The van der Waals surface area contributed by atoms with Gasteiger partial charge in [0.2, 0.25) is 0 Å². The predicted octanol–water partition coefficient (Wildman–Crippen LogP) is 5.61. The van der Waals surface area contributed by atoms with Crippen molar-refractivity contribution in [3.63, 3.8) is 0 Å². The number of hydrogen-bond acceptors (Lipinski definition) is 2. The van der Waals surface area contributed by atoms with Crippen LogP contribution in [0.2, 0.25) is 0 Å². The van der Waals surface area contributed by atoms with Crippen LogP contribution in [-0.2, 0) is 10.3 Å². The lowest BCUT2D eigenvalue weighted by Crippen LogP contribution is -2.37. The number of benzene rings is 2. The quantitative estimate of drug-likeness (QED) is 0.780. The van der Waals surface area contributed by atoms with E-state index in [1.54, 1.807) is 0 Å². The molecule has 0 amide bonds. The molecule has 0 saturated carbocycles. The average molecular weight is 346 g/mol. The largest absolute Gasteiger partial charge is 0.356 e. The second-order valence-corrected chi connectivity index (χ2v) is 6.36. The molecule has 0 saturated heterocycles. The summed E-state index contributed by atoms with van der Waals surface area (Å²) in [5.74, 6) is 0. The summed E-state index contributed by atoms with van der Waals surface area (Å²) in [4.78, 5) is 0. The van der Waals surface area contributed by atoms with Crippen molar-refractivity contribution in [1.29, 1.82) is 0 Å². The third-order valence-corrected chi connectivity index (χ3v) is 4.89. The molecule has 0 aromatic heterocycles. The van der Waals surface area contributed by atoms with E-state index in [1.807, 2.05) is 0 Å². The maximum absolute atomic E-state index is 6.50. The number of anilines is 1. The van der Waals surface area contributed by atoms with Gasteiger partial charge in [0.25, 0.3) is 0 Å². The van der Waals surface area contributed by atoms with Gasteiger partial charge in [0.05, 0.1) is 5.60 Å². The van der Waals surface area contributed by atoms with Gasteiger partial charge < -0.3 is 10.1 Å². The number of fused-ring (bicyclic) bond motifs is 1. The molecule has 1 N–H and O–H groups in total. The van der Waals surface area contributed by atoms with Crippen molar-refractivity contribution >= 4 is 21.6 Å². The molecule has 1 aliphatic rings. The molecule has 0 fully saturated rings. The van der Waals surface area contributed by atoms with Gasteiger partial charge in [-0.1, -0.05) is 60.1 Å². The zero-order valence-electron chi connectivity index (χ0n) is 12.4. The highest BCUT2D eigenvalue weighted by atomic mass is 79.9. The molecule has 1 heterocycles. The zero-order chi connectivity index (χ0) is 14.9. The fraction of sp³-hybridized carbons (Fsp3) is 0.333. The first kappa shape index (κ1) is 14.6. The molecule has 0 bridgehead atoms. The highest BCUT2D eigenvalue weighted by molar-refractivity contribution is 9.10. The van der Waals surface area contributed by atoms with Crippen LogP contribution in [0.1, 0.15) is 44.0 Å². The number of ether oxygens (including phenoxy) is 1. The maximum Gasteiger partial charge on any atom is 0.155 e. The highest BCUT2D eigenvalue weighted by Gasteiger charge is 2.38. The van der Waals surface area contributed by atoms with Crippen LogP contribution in [0, 0.1) is 0 Å². The van der Waals surface area contributed by atoms with E-state index in [1.165, 1.54) is 11.3 Å². The van der Waals surface area contributed by atoms with Gasteiger partial charge in [-0.15, -0.1) is 0 Å². The Hall–Kier alpha value is -1.32. The van der Waals surface area contributed by atoms with Crippen molar-refractivity contribution in [1.82, 2.24) is 0 Å². The van der Waals surface area contributed by atoms with E-state index in [0.717, 1.165) is 22.9 Å². The van der Waals surface area contributed by atoms with Gasteiger partial charge in [-0.25, -0.2) is 0 Å². The van der Waals surface area contributed by atoms with E-state index in [2.05, 4.69) is 83.6 Å². The third-order valence-electron chi connectivity index (χ3n) is 4.36. The van der Waals surface area contributed by atoms with Gasteiger partial charge >= 0.3 is 0 Å². The Bertz CT molecular complexity index is 619. The Morgan fingerprint density at radius 1 is 1.05 bits per heavy atom. The SMILES string of the molecule is CCC1(CC)OC(c2ccc(Br)cc2)Nc2ccccc21. The van der Waals surface area contributed by atoms with Gasteiger partial charge in [-0.2, -0.15) is 0 Å². The Morgan fingerprint density at radius 3 is 2.38 bits per heavy atom. The number of hydrogen-bond donors (Lipinski definition) is 1. The van der Waals surface area contributed by atoms with Crippen LogP contribution >= 0.6 is 15.9 Å². The van der Waals surface area contributed by atoms with Gasteiger partial charge in [0, 0.05) is 21.3 Å². The lowest BCUT2D eigenvalue weighted by molar-refractivity contribution is -0.103. The molecule has 2 aromatic carbocycles. The van der Waals surface area contributed by atoms with Crippen LogP contribution < -0.4 is 5.32 Å². The molecule has 0 radical (unpaired) electrons. The molecule has 3 rings (SSSR count). The minimum absolute atomic E-state index is 0.104. The maximum atomic E-state index is 6.50. The summed E-state index contributed by atoms with van der Waals surface area (Å²) < 4.78 is 7.58. The molecule has 3 heteroatoms. The number of para-hydroxylation sites is 1. The van der Waals surface area contributed by atoms with Crippen molar-refractivity contribution in [3.05, 3.63) is 64.1 Å². The van der Waals surface area contributed by atoms with Crippen molar-refractivity contribution < 1.29 is 4.74 Å². The molecule has 1 aliphatic heterocycles. The Morgan fingerprint density at radius 2 is 1.71 bits per heavy atom. The van der Waals surface area contributed by atoms with Gasteiger partial charge in [-0.3, -0.25) is 0 Å². The fourth-order valence-electron chi connectivity index (χ4n) is 3.05. The van der Waals surface area contributed by atoms with E-state index in [-0.39, 0.29) is 11.8 Å². The van der Waals surface area contributed by atoms with Crippen LogP contribution in [0.3, 0.4) is 0 Å². The van der Waals surface area contributed by atoms with Gasteiger partial charge in [-0.05, 0) is 31.0 Å². The molecule has 2 nitrogen and oxygen atoms in total. The van der Waals surface area contributed by atoms with Crippen molar-refractivity contribution in [2.75, 3.05) is 5.32 Å². The van der Waals surface area contributed by atoms with E-state index in [0.29, 0.717) is 0 Å². The highest BCUT2D eigenvalue weighted by Crippen LogP contribution is 2.45. The standard InChI is InChI=1S/C18H20BrNO/c1-3-18(4-2)15-7-5-6-8-16(15)20-17(21-18)13-9-11-14(19)12-10-13/h5-12,17,20H,3-4H2,1-2H3. The molecule has 1 unspecified atom stereocenters. The smallest absolute Gasteiger partial charge is 0.155 e. The zero-order valence-corrected chi connectivity index (χ0v) is 14.0. The van der Waals surface area contributed by atoms with E-state index in [9.17, 15) is 0 Å². The van der Waals surface area contributed by atoms with E-state index in [4.69, 9.17) is 4.74 Å². The summed E-state index contributed by atoms with van der Waals surface area (Å²) in [6.07, 6.45) is 1.83. The minimum Gasteiger partial charge on any atom is -0.356 e. The van der Waals surface area contributed by atoms with Crippen LogP contribution in [0.15, 0.2) is 53.0 Å². The molecular formula is C18H20BrNO. The molecule has 110 valence electrons. The first-order valence-corrected chi connectivity index (χ1v) is 8.27. The van der Waals surface area contributed by atoms with Crippen LogP contribution in [0.25, 0.3) is 0 Å². The summed E-state index contributed by atoms with van der Waals surface area (Å²) in [6.45, 7) is 4.40. The average Bonchev–Trinajstić information content (AvgIpc) is 2.54. The monoisotopic (exact) mass is 345 g/mol. The normalized spacial score (nSPS) is 19.7. The number of nitrogens with one attached hydrogen (secondary N) is 1. The van der Waals surface area contributed by atoms with Gasteiger partial charge in [0.15, 0.2) is 6.23 Å². The van der Waals surface area contributed by atoms with Crippen molar-refractivity contribution in [3.8, 4) is 0 Å². The predicted molar refractivity (Wildman–Crippen MR) is 90.3 cm³/mol. The topological polar surface area (TPSA) is 21.3 Å². The Kier molecular flexibility index (Phi) is 4.05. The minimum atomic E-state index is -0.209. The Balaban J connectivity index is 2.03. The summed E-state index contributed by atoms with van der Waals surface area (Å²) in [5, 5.41) is 3.52. The van der Waals surface area contributed by atoms with E-state index >= 15 is 0 Å². The summed E-state index contributed by atoms with van der Waals surface area (Å²) in [5.41, 5.74) is 3.39. The first-order valence-electron chi connectivity index (χ1n) is 7.48. The van der Waals surface area contributed by atoms with Crippen LogP contribution in [-0.4, -0.2) is 0 Å². The summed E-state index contributed by atoms with van der Waals surface area (Å²) in [7, 11) is 0. The van der Waals surface area contributed by atoms with Crippen molar-refractivity contribution in [2.24, 2.45) is 0 Å². The molecule has 2 aromatic rings. The van der Waals surface area contributed by atoms with E-state index < -0.39 is 0 Å². The molecule has 0 spiro atoms. The fourth-order valence-corrected chi connectivity index (χ4v) is 3.32. The lowest BCUT2D eigenvalue weighted by Gasteiger charge is -2.43. The first-order chi connectivity index (χ1) is 10.2. The number of rotatable bonds is 3. The lowest BCUT2D eigenvalue weighted by atomic mass is 9.85. The second kappa shape index (κ2) is 5.82. The molecular weight excluding hydrogens is 326 g/mol. The molecule has 21 heavy (non-hydrogen) atoms. The molecule has 0 aliphatic carbocycles. The molecule has 1 atom stereocenters. The van der Waals surface area contributed by atoms with Crippen LogP contribution in [0.4, 0.5) is 5.69 Å². The second-order valence-electron chi connectivity index (χ2n) is 5.44. The van der Waals surface area contributed by atoms with Crippen LogP contribution in [0.5, 0.6) is 0 Å². The number of halogens is 1. The van der Waals surface area contributed by atoms with Gasteiger partial charge in [0.1, 0.15) is 0 Å². The van der Waals surface area contributed by atoms with Crippen molar-refractivity contribution in [2.45, 2.75) is 38.5 Å². The summed E-state index contributed by atoms with van der Waals surface area (Å²) >= 11 is 3.48. The third kappa shape index (κ3) is 2.60.